The Kier molecular flexibility index (Phi) is 5.81. The van der Waals surface area contributed by atoms with E-state index in [2.05, 4.69) is 5.10 Å². The van der Waals surface area contributed by atoms with Crippen molar-refractivity contribution in [3.05, 3.63) is 53.9 Å². The van der Waals surface area contributed by atoms with E-state index in [4.69, 9.17) is 0 Å². The minimum absolute atomic E-state index is 0.319. The Balaban J connectivity index is 1.55. The van der Waals surface area contributed by atoms with Gasteiger partial charge in [-0.3, -0.25) is 14.4 Å². The van der Waals surface area contributed by atoms with Crippen molar-refractivity contribution >= 4 is 5.91 Å². The van der Waals surface area contributed by atoms with Crippen molar-refractivity contribution in [3.63, 3.8) is 0 Å². The molecule has 0 unspecified atom stereocenters. The molecule has 27 heavy (non-hydrogen) atoms. The van der Waals surface area contributed by atoms with Gasteiger partial charge in [-0.1, -0.05) is 12.1 Å². The van der Waals surface area contributed by atoms with Crippen molar-refractivity contribution in [3.8, 4) is 0 Å². The smallest absolute Gasteiger partial charge is 0.390 e. The van der Waals surface area contributed by atoms with E-state index in [-0.39, 0.29) is 5.56 Å². The molecule has 146 valence electrons. The largest absolute Gasteiger partial charge is 0.417 e. The minimum atomic E-state index is -4.56. The molecule has 1 atom stereocenters. The second-order valence-corrected chi connectivity index (χ2v) is 6.52. The van der Waals surface area contributed by atoms with Crippen molar-refractivity contribution in [1.82, 2.24) is 19.6 Å². The van der Waals surface area contributed by atoms with E-state index in [1.807, 2.05) is 4.90 Å². The normalized spacial score (nSPS) is 17.1. The quantitative estimate of drug-likeness (QED) is 0.856. The van der Waals surface area contributed by atoms with E-state index in [9.17, 15) is 23.1 Å². The van der Waals surface area contributed by atoms with Crippen LogP contribution in [0.25, 0.3) is 0 Å². The first-order valence-electron chi connectivity index (χ1n) is 8.68. The molecular weight excluding hydrogens is 361 g/mol. The van der Waals surface area contributed by atoms with Crippen LogP contribution in [0.1, 0.15) is 15.9 Å². The average molecular weight is 382 g/mol. The van der Waals surface area contributed by atoms with Crippen LogP contribution in [-0.4, -0.2) is 69.4 Å². The predicted molar refractivity (Wildman–Crippen MR) is 92.0 cm³/mol. The lowest BCUT2D eigenvalue weighted by molar-refractivity contribution is -0.138. The number of amides is 1. The van der Waals surface area contributed by atoms with Crippen LogP contribution >= 0.6 is 0 Å². The highest BCUT2D eigenvalue weighted by Gasteiger charge is 2.36. The molecule has 1 aliphatic heterocycles. The van der Waals surface area contributed by atoms with Gasteiger partial charge in [0.2, 0.25) is 0 Å². The third-order valence-electron chi connectivity index (χ3n) is 4.55. The summed E-state index contributed by atoms with van der Waals surface area (Å²) >= 11 is 0. The van der Waals surface area contributed by atoms with E-state index < -0.39 is 23.8 Å². The van der Waals surface area contributed by atoms with Gasteiger partial charge in [-0.25, -0.2) is 0 Å². The van der Waals surface area contributed by atoms with Gasteiger partial charge in [0.05, 0.1) is 23.8 Å². The molecule has 1 saturated heterocycles. The summed E-state index contributed by atoms with van der Waals surface area (Å²) in [5, 5.41) is 14.2. The fourth-order valence-corrected chi connectivity index (χ4v) is 3.20. The molecule has 2 heterocycles. The molecule has 1 aliphatic rings. The Morgan fingerprint density at radius 2 is 1.81 bits per heavy atom. The van der Waals surface area contributed by atoms with Gasteiger partial charge in [-0.2, -0.15) is 18.3 Å². The lowest BCUT2D eigenvalue weighted by atomic mass is 10.1. The van der Waals surface area contributed by atoms with Gasteiger partial charge in [-0.15, -0.1) is 0 Å². The summed E-state index contributed by atoms with van der Waals surface area (Å²) in [4.78, 5) is 16.0. The number of aliphatic hydroxyl groups is 1. The molecule has 2 aromatic rings. The van der Waals surface area contributed by atoms with Crippen molar-refractivity contribution < 1.29 is 23.1 Å². The van der Waals surface area contributed by atoms with Crippen LogP contribution in [0.5, 0.6) is 0 Å². The molecule has 0 spiro atoms. The zero-order valence-electron chi connectivity index (χ0n) is 14.6. The van der Waals surface area contributed by atoms with Crippen LogP contribution in [0.15, 0.2) is 42.7 Å². The van der Waals surface area contributed by atoms with Crippen LogP contribution < -0.4 is 0 Å². The Morgan fingerprint density at radius 3 is 2.44 bits per heavy atom. The summed E-state index contributed by atoms with van der Waals surface area (Å²) in [5.41, 5.74) is -1.23. The predicted octanol–water partition coefficient (Wildman–Crippen LogP) is 1.72. The number of piperazine rings is 1. The molecule has 0 aliphatic carbocycles. The number of β-amino-alcohol motifs (C(OH)–C–C–N with tert-alkyl or cyclic N) is 1. The number of carbonyl (C=O) groups is 1. The maximum Gasteiger partial charge on any atom is 0.417 e. The van der Waals surface area contributed by atoms with Gasteiger partial charge in [0.1, 0.15) is 0 Å². The Hall–Kier alpha value is -2.39. The molecule has 1 amide bonds. The first kappa shape index (κ1) is 19.4. The highest BCUT2D eigenvalue weighted by Crippen LogP contribution is 2.32. The summed E-state index contributed by atoms with van der Waals surface area (Å²) in [6.45, 7) is 2.41. The SMILES string of the molecule is O=C(c1ccccc1C(F)(F)F)N1CCN(C[C@H](O)Cn2cccn2)CC1. The van der Waals surface area contributed by atoms with Crippen molar-refractivity contribution in [2.24, 2.45) is 0 Å². The highest BCUT2D eigenvalue weighted by molar-refractivity contribution is 5.96. The molecule has 0 bridgehead atoms. The van der Waals surface area contributed by atoms with E-state index in [1.165, 1.54) is 23.1 Å². The summed E-state index contributed by atoms with van der Waals surface area (Å²) < 4.78 is 41.0. The van der Waals surface area contributed by atoms with Crippen LogP contribution in [0, 0.1) is 0 Å². The van der Waals surface area contributed by atoms with Gasteiger partial charge < -0.3 is 10.0 Å². The number of rotatable bonds is 5. The Bertz CT molecular complexity index is 756. The number of hydrogen-bond acceptors (Lipinski definition) is 4. The van der Waals surface area contributed by atoms with Gasteiger partial charge >= 0.3 is 6.18 Å². The number of aromatic nitrogens is 2. The highest BCUT2D eigenvalue weighted by atomic mass is 19.4. The van der Waals surface area contributed by atoms with Crippen LogP contribution in [-0.2, 0) is 12.7 Å². The zero-order valence-corrected chi connectivity index (χ0v) is 14.6. The minimum Gasteiger partial charge on any atom is -0.390 e. The number of halogens is 3. The van der Waals surface area contributed by atoms with E-state index in [0.29, 0.717) is 39.3 Å². The van der Waals surface area contributed by atoms with Gasteiger partial charge in [0.25, 0.3) is 5.91 Å². The molecule has 1 aromatic heterocycles. The summed E-state index contributed by atoms with van der Waals surface area (Å²) in [6.07, 6.45) is -1.78. The molecule has 3 rings (SSSR count). The van der Waals surface area contributed by atoms with Gasteiger partial charge in [0, 0.05) is 45.1 Å². The van der Waals surface area contributed by atoms with Gasteiger partial charge in [0.15, 0.2) is 0 Å². The molecule has 1 aromatic carbocycles. The second kappa shape index (κ2) is 8.10. The topological polar surface area (TPSA) is 61.6 Å². The number of carbonyl (C=O) groups excluding carboxylic acids is 1. The Morgan fingerprint density at radius 1 is 1.11 bits per heavy atom. The van der Waals surface area contributed by atoms with Crippen molar-refractivity contribution in [2.75, 3.05) is 32.7 Å². The van der Waals surface area contributed by atoms with E-state index in [0.717, 1.165) is 6.07 Å². The molecular formula is C18H21F3N4O2. The lowest BCUT2D eigenvalue weighted by Crippen LogP contribution is -2.51. The first-order valence-corrected chi connectivity index (χ1v) is 8.68. The molecule has 1 N–H and O–H groups in total. The molecule has 0 radical (unpaired) electrons. The summed E-state index contributed by atoms with van der Waals surface area (Å²) in [6, 6.07) is 6.62. The van der Waals surface area contributed by atoms with Crippen LogP contribution in [0.3, 0.4) is 0 Å². The van der Waals surface area contributed by atoms with Crippen LogP contribution in [0.2, 0.25) is 0 Å². The number of nitrogens with zero attached hydrogens (tertiary/aromatic N) is 4. The standard InChI is InChI=1S/C18H21F3N4O2/c19-18(20,21)16-5-2-1-4-15(16)17(27)24-10-8-23(9-11-24)12-14(26)13-25-7-3-6-22-25/h1-7,14,26H,8-13H2/t14-/m0/s1. The average Bonchev–Trinajstić information content (AvgIpc) is 3.14. The number of aliphatic hydroxyl groups excluding tert-OH is 1. The lowest BCUT2D eigenvalue weighted by Gasteiger charge is -2.36. The second-order valence-electron chi connectivity index (χ2n) is 6.52. The van der Waals surface area contributed by atoms with Crippen molar-refractivity contribution in [2.45, 2.75) is 18.8 Å². The fourth-order valence-electron chi connectivity index (χ4n) is 3.20. The number of benzene rings is 1. The summed E-state index contributed by atoms with van der Waals surface area (Å²) in [7, 11) is 0. The first-order chi connectivity index (χ1) is 12.8. The Labute approximate surface area is 154 Å². The zero-order chi connectivity index (χ0) is 19.4. The summed E-state index contributed by atoms with van der Waals surface area (Å²) in [5.74, 6) is -0.611. The molecule has 1 fully saturated rings. The van der Waals surface area contributed by atoms with E-state index >= 15 is 0 Å². The molecule has 6 nitrogen and oxygen atoms in total. The van der Waals surface area contributed by atoms with Gasteiger partial charge in [-0.05, 0) is 18.2 Å². The van der Waals surface area contributed by atoms with E-state index in [1.54, 1.807) is 23.1 Å². The fraction of sp³-hybridized carbons (Fsp3) is 0.444. The molecule has 9 heteroatoms. The molecule has 0 saturated carbocycles. The maximum atomic E-state index is 13.1. The van der Waals surface area contributed by atoms with Crippen LogP contribution in [0.4, 0.5) is 13.2 Å². The maximum absolute atomic E-state index is 13.1. The third kappa shape index (κ3) is 4.86. The number of hydrogen-bond donors (Lipinski definition) is 1. The third-order valence-corrected chi connectivity index (χ3v) is 4.55. The monoisotopic (exact) mass is 382 g/mol. The number of alkyl halides is 3. The van der Waals surface area contributed by atoms with Crippen molar-refractivity contribution in [1.29, 1.82) is 0 Å².